The minimum absolute atomic E-state index is 0.152. The second kappa shape index (κ2) is 11.8. The van der Waals surface area contributed by atoms with E-state index < -0.39 is 0 Å². The molecule has 6 heteroatoms. The first kappa shape index (κ1) is 14.7. The lowest BCUT2D eigenvalue weighted by atomic mass is 10.2. The van der Waals surface area contributed by atoms with E-state index in [-0.39, 0.29) is 5.97 Å². The number of rotatable bonds is 10. The minimum atomic E-state index is -0.152. The Morgan fingerprint density at radius 2 is 2.06 bits per heavy atom. The predicted molar refractivity (Wildman–Crippen MR) is 61.7 cm³/mol. The Bertz CT molecular complexity index is 227. The molecule has 0 aliphatic heterocycles. The number of nitrogens with two attached hydrogens (primary N) is 1. The van der Waals surface area contributed by atoms with Crippen LogP contribution in [0, 0.1) is 0 Å². The van der Waals surface area contributed by atoms with Gasteiger partial charge in [0.25, 0.3) is 0 Å². The molecule has 0 heterocycles. The number of unbranched alkanes of at least 4 members (excludes halogenated alkanes) is 3. The summed E-state index contributed by atoms with van der Waals surface area (Å²) in [5.74, 6) is -0.152. The van der Waals surface area contributed by atoms with Gasteiger partial charge in [-0.25, -0.2) is 0 Å². The molecule has 0 unspecified atom stereocenters. The van der Waals surface area contributed by atoms with Gasteiger partial charge in [-0.2, -0.15) is 0 Å². The largest absolute Gasteiger partial charge is 0.466 e. The van der Waals surface area contributed by atoms with Crippen molar-refractivity contribution in [3.63, 3.8) is 0 Å². The van der Waals surface area contributed by atoms with E-state index in [1.165, 1.54) is 0 Å². The molecule has 0 atom stereocenters. The molecule has 0 aliphatic carbocycles. The highest BCUT2D eigenvalue weighted by Gasteiger charge is 2.01. The van der Waals surface area contributed by atoms with Crippen LogP contribution >= 0.6 is 0 Å². The van der Waals surface area contributed by atoms with Crippen molar-refractivity contribution in [2.75, 3.05) is 19.7 Å². The van der Waals surface area contributed by atoms with Crippen molar-refractivity contribution < 1.29 is 9.53 Å². The maximum Gasteiger partial charge on any atom is 0.305 e. The first-order valence-corrected chi connectivity index (χ1v) is 5.67. The number of azide groups is 1. The van der Waals surface area contributed by atoms with Gasteiger partial charge in [-0.1, -0.05) is 11.5 Å². The van der Waals surface area contributed by atoms with E-state index in [1.807, 2.05) is 0 Å². The van der Waals surface area contributed by atoms with Crippen LogP contribution in [-0.2, 0) is 9.53 Å². The molecule has 0 radical (unpaired) electrons. The van der Waals surface area contributed by atoms with E-state index in [0.29, 0.717) is 26.1 Å². The van der Waals surface area contributed by atoms with Crippen LogP contribution in [-0.4, -0.2) is 25.7 Å². The molecule has 0 fully saturated rings. The van der Waals surface area contributed by atoms with E-state index >= 15 is 0 Å². The summed E-state index contributed by atoms with van der Waals surface area (Å²) >= 11 is 0. The highest BCUT2D eigenvalue weighted by Crippen LogP contribution is 2.01. The smallest absolute Gasteiger partial charge is 0.305 e. The Morgan fingerprint density at radius 3 is 2.75 bits per heavy atom. The van der Waals surface area contributed by atoms with Gasteiger partial charge in [-0.05, 0) is 37.8 Å². The summed E-state index contributed by atoms with van der Waals surface area (Å²) in [5, 5.41) is 3.39. The third-order valence-electron chi connectivity index (χ3n) is 2.06. The minimum Gasteiger partial charge on any atom is -0.466 e. The van der Waals surface area contributed by atoms with Crippen molar-refractivity contribution in [2.24, 2.45) is 10.8 Å². The van der Waals surface area contributed by atoms with Crippen LogP contribution in [0.4, 0.5) is 0 Å². The zero-order valence-electron chi connectivity index (χ0n) is 9.60. The molecule has 0 bridgehead atoms. The van der Waals surface area contributed by atoms with Gasteiger partial charge in [-0.15, -0.1) is 0 Å². The van der Waals surface area contributed by atoms with Crippen molar-refractivity contribution in [3.8, 4) is 0 Å². The van der Waals surface area contributed by atoms with E-state index in [0.717, 1.165) is 32.1 Å². The van der Waals surface area contributed by atoms with Crippen LogP contribution in [0.15, 0.2) is 5.11 Å². The summed E-state index contributed by atoms with van der Waals surface area (Å²) in [6.07, 6.45) is 4.74. The Labute approximate surface area is 95.8 Å². The molecule has 0 rings (SSSR count). The first-order chi connectivity index (χ1) is 7.81. The number of ether oxygens (including phenoxy) is 1. The van der Waals surface area contributed by atoms with Gasteiger partial charge in [0.2, 0.25) is 0 Å². The van der Waals surface area contributed by atoms with Crippen LogP contribution in [0.1, 0.15) is 38.5 Å². The van der Waals surface area contributed by atoms with Crippen molar-refractivity contribution in [2.45, 2.75) is 38.5 Å². The lowest BCUT2D eigenvalue weighted by Gasteiger charge is -2.03. The second-order valence-electron chi connectivity index (χ2n) is 3.48. The zero-order valence-corrected chi connectivity index (χ0v) is 9.60. The van der Waals surface area contributed by atoms with E-state index in [2.05, 4.69) is 10.0 Å². The van der Waals surface area contributed by atoms with Gasteiger partial charge in [0.1, 0.15) is 0 Å². The molecule has 0 aliphatic rings. The fourth-order valence-corrected chi connectivity index (χ4v) is 1.18. The summed E-state index contributed by atoms with van der Waals surface area (Å²) < 4.78 is 5.00. The summed E-state index contributed by atoms with van der Waals surface area (Å²) in [5.41, 5.74) is 13.3. The van der Waals surface area contributed by atoms with Gasteiger partial charge >= 0.3 is 5.97 Å². The molecule has 0 spiro atoms. The normalized spacial score (nSPS) is 9.56. The molecular weight excluding hydrogens is 208 g/mol. The molecule has 16 heavy (non-hydrogen) atoms. The fourth-order valence-electron chi connectivity index (χ4n) is 1.18. The van der Waals surface area contributed by atoms with Crippen molar-refractivity contribution >= 4 is 5.97 Å². The first-order valence-electron chi connectivity index (χ1n) is 5.67. The Kier molecular flexibility index (Phi) is 10.9. The third-order valence-corrected chi connectivity index (χ3v) is 2.06. The molecule has 0 aromatic rings. The molecule has 6 nitrogen and oxygen atoms in total. The maximum absolute atomic E-state index is 11.2. The summed E-state index contributed by atoms with van der Waals surface area (Å²) in [7, 11) is 0. The topological polar surface area (TPSA) is 101 Å². The summed E-state index contributed by atoms with van der Waals surface area (Å²) in [4.78, 5) is 13.8. The van der Waals surface area contributed by atoms with Crippen LogP contribution < -0.4 is 5.73 Å². The van der Waals surface area contributed by atoms with Gasteiger partial charge in [0, 0.05) is 17.9 Å². The summed E-state index contributed by atoms with van der Waals surface area (Å²) in [6, 6.07) is 0. The van der Waals surface area contributed by atoms with Crippen molar-refractivity contribution in [1.29, 1.82) is 0 Å². The van der Waals surface area contributed by atoms with E-state index in [9.17, 15) is 4.79 Å². The SMILES string of the molecule is [N-]=[N+]=NCCCCOC(=O)CCCCCN. The predicted octanol–water partition coefficient (Wildman–Crippen LogP) is 2.14. The number of nitrogens with zero attached hydrogens (tertiary/aromatic N) is 3. The Balaban J connectivity index is 3.20. The van der Waals surface area contributed by atoms with Crippen LogP contribution in [0.2, 0.25) is 0 Å². The number of hydrogen-bond acceptors (Lipinski definition) is 4. The van der Waals surface area contributed by atoms with Gasteiger partial charge in [-0.3, -0.25) is 4.79 Å². The molecule has 0 amide bonds. The molecule has 2 N–H and O–H groups in total. The highest BCUT2D eigenvalue weighted by molar-refractivity contribution is 5.69. The number of hydrogen-bond donors (Lipinski definition) is 1. The van der Waals surface area contributed by atoms with Crippen LogP contribution in [0.3, 0.4) is 0 Å². The molecular formula is C10H20N4O2. The zero-order chi connectivity index (χ0) is 12.1. The van der Waals surface area contributed by atoms with E-state index in [4.69, 9.17) is 16.0 Å². The Morgan fingerprint density at radius 1 is 1.25 bits per heavy atom. The molecule has 0 saturated heterocycles. The monoisotopic (exact) mass is 228 g/mol. The van der Waals surface area contributed by atoms with Gasteiger partial charge in [0.05, 0.1) is 6.61 Å². The van der Waals surface area contributed by atoms with Crippen molar-refractivity contribution in [1.82, 2.24) is 0 Å². The fraction of sp³-hybridized carbons (Fsp3) is 0.900. The lowest BCUT2D eigenvalue weighted by molar-refractivity contribution is -0.143. The molecule has 0 aromatic heterocycles. The average molecular weight is 228 g/mol. The molecule has 0 saturated carbocycles. The second-order valence-corrected chi connectivity index (χ2v) is 3.48. The molecule has 0 aromatic carbocycles. The standard InChI is InChI=1S/C10H20N4O2/c11-7-3-1-2-6-10(15)16-9-5-4-8-13-14-12/h1-9,11H2. The number of esters is 1. The van der Waals surface area contributed by atoms with E-state index in [1.54, 1.807) is 0 Å². The quantitative estimate of drug-likeness (QED) is 0.204. The maximum atomic E-state index is 11.2. The summed E-state index contributed by atoms with van der Waals surface area (Å²) in [6.45, 7) is 1.55. The average Bonchev–Trinajstić information content (AvgIpc) is 2.29. The number of carbonyl (C=O) groups excluding carboxylic acids is 1. The third kappa shape index (κ3) is 10.8. The van der Waals surface area contributed by atoms with Crippen LogP contribution in [0.25, 0.3) is 10.4 Å². The van der Waals surface area contributed by atoms with Crippen LogP contribution in [0.5, 0.6) is 0 Å². The van der Waals surface area contributed by atoms with Crippen molar-refractivity contribution in [3.05, 3.63) is 10.4 Å². The van der Waals surface area contributed by atoms with Gasteiger partial charge in [0.15, 0.2) is 0 Å². The molecule has 92 valence electrons. The lowest BCUT2D eigenvalue weighted by Crippen LogP contribution is -2.06. The van der Waals surface area contributed by atoms with Gasteiger partial charge < -0.3 is 10.5 Å². The number of carbonyl (C=O) groups is 1. The Hall–Kier alpha value is -1.26. The highest BCUT2D eigenvalue weighted by atomic mass is 16.5.